The number of methoxy groups -OCH3 is 1. The predicted octanol–water partition coefficient (Wildman–Crippen LogP) is 0.836. The molecule has 2 aromatic heterocycles. The highest BCUT2D eigenvalue weighted by molar-refractivity contribution is 7.89. The Kier molecular flexibility index (Phi) is 4.47. The van der Waals surface area contributed by atoms with Gasteiger partial charge in [-0.05, 0) is 24.5 Å². The van der Waals surface area contributed by atoms with E-state index in [1.54, 1.807) is 31.1 Å². The van der Waals surface area contributed by atoms with Crippen LogP contribution in [0.2, 0.25) is 0 Å². The van der Waals surface area contributed by atoms with E-state index in [2.05, 4.69) is 9.97 Å². The molecule has 23 heavy (non-hydrogen) atoms. The fraction of sp³-hybridized carbons (Fsp3) is 0.467. The molecule has 0 N–H and O–H groups in total. The smallest absolute Gasteiger partial charge is 0.262 e. The zero-order valence-electron chi connectivity index (χ0n) is 13.2. The minimum absolute atomic E-state index is 0.0768. The Balaban J connectivity index is 1.90. The van der Waals surface area contributed by atoms with E-state index in [1.165, 1.54) is 16.8 Å². The maximum Gasteiger partial charge on any atom is 0.262 e. The molecule has 0 radical (unpaired) electrons. The molecule has 3 rings (SSSR count). The van der Waals surface area contributed by atoms with Gasteiger partial charge >= 0.3 is 0 Å². The number of hydrogen-bond acceptors (Lipinski definition) is 5. The number of ether oxygens (including phenoxy) is 1. The Hall–Kier alpha value is -1.77. The van der Waals surface area contributed by atoms with E-state index in [-0.39, 0.29) is 17.2 Å². The Labute approximate surface area is 136 Å². The average Bonchev–Trinajstić information content (AvgIpc) is 3.15. The highest BCUT2D eigenvalue weighted by atomic mass is 32.2. The lowest BCUT2D eigenvalue weighted by Crippen LogP contribution is -2.41. The van der Waals surface area contributed by atoms with Crippen LogP contribution in [0.25, 0.3) is 0 Å². The maximum atomic E-state index is 12.9. The molecule has 1 aliphatic heterocycles. The van der Waals surface area contributed by atoms with Gasteiger partial charge in [0.1, 0.15) is 0 Å². The minimum Gasteiger partial charge on any atom is -0.380 e. The summed E-state index contributed by atoms with van der Waals surface area (Å²) in [6.07, 6.45) is 7.59. The van der Waals surface area contributed by atoms with Gasteiger partial charge in [0, 0.05) is 39.3 Å². The number of sulfonamides is 1. The standard InChI is InChI=1S/C15H20N4O3S/c1-18-10-15(17-11-18)23(20,21)19-7-5-14(22-2)13(19)8-12-4-3-6-16-9-12/h3-4,6,9-11,13-14H,5,7-8H2,1-2H3/t13-,14-/m0/s1. The van der Waals surface area contributed by atoms with Crippen molar-refractivity contribution in [3.05, 3.63) is 42.6 Å². The summed E-state index contributed by atoms with van der Waals surface area (Å²) in [6.45, 7) is 0.433. The molecule has 2 aromatic rings. The monoisotopic (exact) mass is 336 g/mol. The zero-order valence-corrected chi connectivity index (χ0v) is 14.0. The summed E-state index contributed by atoms with van der Waals surface area (Å²) < 4.78 is 34.4. The molecule has 1 fully saturated rings. The molecule has 0 unspecified atom stereocenters. The maximum absolute atomic E-state index is 12.9. The molecule has 0 aliphatic carbocycles. The van der Waals surface area contributed by atoms with Crippen molar-refractivity contribution >= 4 is 10.0 Å². The van der Waals surface area contributed by atoms with Crippen LogP contribution >= 0.6 is 0 Å². The lowest BCUT2D eigenvalue weighted by Gasteiger charge is -2.26. The van der Waals surface area contributed by atoms with Gasteiger partial charge in [0.15, 0.2) is 5.03 Å². The summed E-state index contributed by atoms with van der Waals surface area (Å²) >= 11 is 0. The van der Waals surface area contributed by atoms with Crippen molar-refractivity contribution in [3.63, 3.8) is 0 Å². The van der Waals surface area contributed by atoms with Gasteiger partial charge in [0.25, 0.3) is 10.0 Å². The van der Waals surface area contributed by atoms with Gasteiger partial charge in [-0.3, -0.25) is 4.98 Å². The van der Waals surface area contributed by atoms with Crippen molar-refractivity contribution in [1.82, 2.24) is 18.8 Å². The van der Waals surface area contributed by atoms with Crippen LogP contribution in [-0.4, -0.2) is 53.1 Å². The normalized spacial score (nSPS) is 22.5. The van der Waals surface area contributed by atoms with Crippen molar-refractivity contribution in [1.29, 1.82) is 0 Å². The summed E-state index contributed by atoms with van der Waals surface area (Å²) in [4.78, 5) is 8.11. The van der Waals surface area contributed by atoms with Gasteiger partial charge in [-0.2, -0.15) is 4.31 Å². The molecule has 2 atom stereocenters. The quantitative estimate of drug-likeness (QED) is 0.808. The van der Waals surface area contributed by atoms with Crippen LogP contribution in [0.4, 0.5) is 0 Å². The Morgan fingerprint density at radius 2 is 2.26 bits per heavy atom. The van der Waals surface area contributed by atoms with Gasteiger partial charge in [0.2, 0.25) is 0 Å². The highest BCUT2D eigenvalue weighted by Gasteiger charge is 2.42. The van der Waals surface area contributed by atoms with E-state index in [0.29, 0.717) is 19.4 Å². The number of imidazole rings is 1. The van der Waals surface area contributed by atoms with E-state index >= 15 is 0 Å². The second-order valence-electron chi connectivity index (χ2n) is 5.69. The SMILES string of the molecule is CO[C@H]1CCN(S(=O)(=O)c2cn(C)cn2)[C@H]1Cc1cccnc1. The number of rotatable bonds is 5. The highest BCUT2D eigenvalue weighted by Crippen LogP contribution is 2.29. The molecule has 0 aromatic carbocycles. The van der Waals surface area contributed by atoms with Gasteiger partial charge in [-0.1, -0.05) is 6.07 Å². The summed E-state index contributed by atoms with van der Waals surface area (Å²) in [5.41, 5.74) is 0.989. The minimum atomic E-state index is -3.63. The Bertz CT molecular complexity index is 760. The van der Waals surface area contributed by atoms with E-state index < -0.39 is 10.0 Å². The van der Waals surface area contributed by atoms with Crippen molar-refractivity contribution in [2.45, 2.75) is 30.0 Å². The van der Waals surface area contributed by atoms with Crippen LogP contribution in [0.3, 0.4) is 0 Å². The third-order valence-electron chi connectivity index (χ3n) is 4.16. The number of aryl methyl sites for hydroxylation is 1. The van der Waals surface area contributed by atoms with Crippen molar-refractivity contribution in [2.24, 2.45) is 7.05 Å². The van der Waals surface area contributed by atoms with Crippen molar-refractivity contribution in [2.75, 3.05) is 13.7 Å². The van der Waals surface area contributed by atoms with Crippen LogP contribution in [-0.2, 0) is 28.2 Å². The van der Waals surface area contributed by atoms with E-state index in [9.17, 15) is 8.42 Å². The molecule has 0 spiro atoms. The molecule has 1 aliphatic rings. The first-order chi connectivity index (χ1) is 11.0. The lowest BCUT2D eigenvalue weighted by atomic mass is 10.0. The first-order valence-electron chi connectivity index (χ1n) is 7.44. The van der Waals surface area contributed by atoms with Gasteiger partial charge in [-0.15, -0.1) is 0 Å². The number of hydrogen-bond donors (Lipinski definition) is 0. The molecule has 1 saturated heterocycles. The molecule has 3 heterocycles. The molecule has 8 heteroatoms. The molecular formula is C15H20N4O3S. The van der Waals surface area contributed by atoms with Gasteiger partial charge in [-0.25, -0.2) is 13.4 Å². The number of pyridine rings is 1. The average molecular weight is 336 g/mol. The number of nitrogens with zero attached hydrogens (tertiary/aromatic N) is 4. The second-order valence-corrected chi connectivity index (χ2v) is 7.53. The van der Waals surface area contributed by atoms with Crippen molar-refractivity contribution < 1.29 is 13.2 Å². The Morgan fingerprint density at radius 1 is 1.43 bits per heavy atom. The van der Waals surface area contributed by atoms with E-state index in [0.717, 1.165) is 5.56 Å². The fourth-order valence-corrected chi connectivity index (χ4v) is 4.64. The van der Waals surface area contributed by atoms with Crippen LogP contribution in [0.5, 0.6) is 0 Å². The summed E-state index contributed by atoms with van der Waals surface area (Å²) in [5, 5.41) is 0.0768. The van der Waals surface area contributed by atoms with Crippen LogP contribution < -0.4 is 0 Å². The predicted molar refractivity (Wildman–Crippen MR) is 84.2 cm³/mol. The third-order valence-corrected chi connectivity index (χ3v) is 5.97. The van der Waals surface area contributed by atoms with Crippen molar-refractivity contribution in [3.8, 4) is 0 Å². The summed E-state index contributed by atoms with van der Waals surface area (Å²) in [7, 11) is -0.255. The fourth-order valence-electron chi connectivity index (χ4n) is 3.01. The molecular weight excluding hydrogens is 316 g/mol. The Morgan fingerprint density at radius 3 is 2.87 bits per heavy atom. The van der Waals surface area contributed by atoms with Gasteiger partial charge in [0.05, 0.1) is 18.5 Å². The molecule has 0 amide bonds. The third kappa shape index (κ3) is 3.15. The first kappa shape index (κ1) is 16.1. The second kappa shape index (κ2) is 6.38. The van der Waals surface area contributed by atoms with Crippen LogP contribution in [0, 0.1) is 0 Å². The largest absolute Gasteiger partial charge is 0.380 e. The molecule has 0 saturated carbocycles. The van der Waals surface area contributed by atoms with E-state index in [1.807, 2.05) is 12.1 Å². The lowest BCUT2D eigenvalue weighted by molar-refractivity contribution is 0.0809. The molecule has 124 valence electrons. The zero-order chi connectivity index (χ0) is 16.4. The molecule has 0 bridgehead atoms. The number of aromatic nitrogens is 3. The van der Waals surface area contributed by atoms with Crippen LogP contribution in [0.15, 0.2) is 42.1 Å². The van der Waals surface area contributed by atoms with Gasteiger partial charge < -0.3 is 9.30 Å². The topological polar surface area (TPSA) is 77.3 Å². The first-order valence-corrected chi connectivity index (χ1v) is 8.88. The molecule has 7 nitrogen and oxygen atoms in total. The summed E-state index contributed by atoms with van der Waals surface area (Å²) in [5.74, 6) is 0. The summed E-state index contributed by atoms with van der Waals surface area (Å²) in [6, 6.07) is 3.55. The van der Waals surface area contributed by atoms with E-state index in [4.69, 9.17) is 4.74 Å². The van der Waals surface area contributed by atoms with Crippen LogP contribution in [0.1, 0.15) is 12.0 Å².